The highest BCUT2D eigenvalue weighted by atomic mass is 35.5. The number of aryl methyl sites for hydroxylation is 1. The lowest BCUT2D eigenvalue weighted by Gasteiger charge is -2.35. The van der Waals surface area contributed by atoms with Crippen molar-refractivity contribution >= 4 is 23.7 Å². The number of carbonyl (C=O) groups is 1. The van der Waals surface area contributed by atoms with Gasteiger partial charge in [-0.05, 0) is 18.6 Å². The van der Waals surface area contributed by atoms with Gasteiger partial charge in [0.25, 0.3) is 5.91 Å². The first-order chi connectivity index (χ1) is 12.2. The molecular weight excluding hydrogens is 344 g/mol. The highest BCUT2D eigenvalue weighted by Gasteiger charge is 2.24. The summed E-state index contributed by atoms with van der Waals surface area (Å²) in [6.45, 7) is 4.71. The molecule has 7 nitrogen and oxygen atoms in total. The van der Waals surface area contributed by atoms with Crippen LogP contribution in [0.4, 0.5) is 5.95 Å². The molecule has 0 radical (unpaired) electrons. The van der Waals surface area contributed by atoms with Crippen molar-refractivity contribution in [3.8, 4) is 5.88 Å². The average molecular weight is 365 g/mol. The van der Waals surface area contributed by atoms with Gasteiger partial charge in [-0.1, -0.05) is 18.2 Å². The van der Waals surface area contributed by atoms with Gasteiger partial charge in [-0.25, -0.2) is 4.98 Å². The summed E-state index contributed by atoms with van der Waals surface area (Å²) in [4.78, 5) is 25.2. The molecule has 1 aliphatic rings. The molecule has 2 aromatic rings. The van der Waals surface area contributed by atoms with E-state index in [1.807, 2.05) is 36.1 Å². The average Bonchev–Trinajstić information content (AvgIpc) is 2.69. The van der Waals surface area contributed by atoms with Crippen molar-refractivity contribution in [2.24, 2.45) is 0 Å². The van der Waals surface area contributed by atoms with Crippen molar-refractivity contribution in [2.75, 3.05) is 38.2 Å². The Labute approximate surface area is 152 Å². The molecule has 0 aliphatic carbocycles. The molecule has 1 N–H and O–H groups in total. The minimum Gasteiger partial charge on any atom is -0.481 e. The van der Waals surface area contributed by atoms with Crippen molar-refractivity contribution in [3.63, 3.8) is 0 Å². The Kier molecular flexibility index (Phi) is 6.97. The fourth-order valence-corrected chi connectivity index (χ4v) is 2.69. The second-order valence-electron chi connectivity index (χ2n) is 5.49. The van der Waals surface area contributed by atoms with Gasteiger partial charge in [-0.2, -0.15) is 4.98 Å². The maximum absolute atomic E-state index is 12.6. The maximum Gasteiger partial charge on any atom is 0.254 e. The van der Waals surface area contributed by atoms with E-state index in [1.165, 1.54) is 0 Å². The standard InChI is InChI=1S/C17H20N4O2.ClHO/c1-13-5-3-4-6-14(13)16(22)20-9-11-21(12-10-20)17-18-8-7-15(19-17)23-2;1-2/h3-8H,9-12H2,1-2H3;2H. The highest BCUT2D eigenvalue weighted by molar-refractivity contribution is 6.04. The van der Waals surface area contributed by atoms with Crippen molar-refractivity contribution in [1.82, 2.24) is 14.9 Å². The third-order valence-electron chi connectivity index (χ3n) is 4.05. The minimum absolute atomic E-state index is 0.0920. The number of ether oxygens (including phenoxy) is 1. The number of benzene rings is 1. The molecule has 1 aromatic carbocycles. The molecule has 2 heterocycles. The number of rotatable bonds is 3. The summed E-state index contributed by atoms with van der Waals surface area (Å²) >= 11 is 3.64. The smallest absolute Gasteiger partial charge is 0.254 e. The van der Waals surface area contributed by atoms with E-state index in [0.717, 1.165) is 11.1 Å². The van der Waals surface area contributed by atoms with Crippen molar-refractivity contribution in [2.45, 2.75) is 6.92 Å². The van der Waals surface area contributed by atoms with Crippen molar-refractivity contribution in [1.29, 1.82) is 0 Å². The molecular formula is C17H21ClN4O3. The third kappa shape index (κ3) is 4.58. The van der Waals surface area contributed by atoms with Gasteiger partial charge in [0.05, 0.1) is 19.0 Å². The van der Waals surface area contributed by atoms with Gasteiger partial charge in [0.2, 0.25) is 11.8 Å². The highest BCUT2D eigenvalue weighted by Crippen LogP contribution is 2.17. The number of aromatic nitrogens is 2. The van der Waals surface area contributed by atoms with Crippen LogP contribution in [0.1, 0.15) is 15.9 Å². The molecule has 1 amide bonds. The van der Waals surface area contributed by atoms with Gasteiger partial charge < -0.3 is 14.5 Å². The lowest BCUT2D eigenvalue weighted by molar-refractivity contribution is 0.0745. The minimum atomic E-state index is 0.0920. The number of anilines is 1. The SMILES string of the molecule is COc1ccnc(N2CCN(C(=O)c3ccccc3C)CC2)n1.OCl. The number of carbonyl (C=O) groups excluding carboxylic acids is 1. The van der Waals surface area contributed by atoms with Gasteiger partial charge >= 0.3 is 0 Å². The Morgan fingerprint density at radius 1 is 1.16 bits per heavy atom. The Morgan fingerprint density at radius 2 is 1.84 bits per heavy atom. The molecule has 0 spiro atoms. The Bertz CT molecular complexity index is 706. The summed E-state index contributed by atoms with van der Waals surface area (Å²) in [7, 11) is 1.59. The zero-order chi connectivity index (χ0) is 18.2. The van der Waals surface area contributed by atoms with Crippen molar-refractivity contribution < 1.29 is 14.2 Å². The van der Waals surface area contributed by atoms with E-state index in [-0.39, 0.29) is 5.91 Å². The number of hydrogen-bond donors (Lipinski definition) is 1. The molecule has 1 fully saturated rings. The van der Waals surface area contributed by atoms with Crippen LogP contribution in [0.25, 0.3) is 0 Å². The predicted molar refractivity (Wildman–Crippen MR) is 96.0 cm³/mol. The Morgan fingerprint density at radius 3 is 2.48 bits per heavy atom. The van der Waals surface area contributed by atoms with Gasteiger partial charge in [-0.15, -0.1) is 0 Å². The maximum atomic E-state index is 12.6. The molecule has 134 valence electrons. The van der Waals surface area contributed by atoms with E-state index in [9.17, 15) is 4.79 Å². The lowest BCUT2D eigenvalue weighted by atomic mass is 10.1. The monoisotopic (exact) mass is 364 g/mol. The van der Waals surface area contributed by atoms with Crippen LogP contribution in [0.15, 0.2) is 36.5 Å². The Hall–Kier alpha value is -2.38. The number of amides is 1. The van der Waals surface area contributed by atoms with E-state index in [4.69, 9.17) is 9.40 Å². The summed E-state index contributed by atoms with van der Waals surface area (Å²) in [6, 6.07) is 9.43. The molecule has 25 heavy (non-hydrogen) atoms. The molecule has 1 aromatic heterocycles. The summed E-state index contributed by atoms with van der Waals surface area (Å²) in [5.41, 5.74) is 1.79. The van der Waals surface area contributed by atoms with Crippen LogP contribution in [0.5, 0.6) is 5.88 Å². The summed E-state index contributed by atoms with van der Waals surface area (Å²) in [6.07, 6.45) is 1.69. The summed E-state index contributed by atoms with van der Waals surface area (Å²) in [5, 5.41) is 0. The first-order valence-corrected chi connectivity index (χ1v) is 8.16. The molecule has 0 unspecified atom stereocenters. The van der Waals surface area contributed by atoms with Crippen LogP contribution in [-0.4, -0.2) is 58.7 Å². The van der Waals surface area contributed by atoms with Gasteiger partial charge in [0.1, 0.15) is 0 Å². The zero-order valence-electron chi connectivity index (χ0n) is 14.2. The molecule has 3 rings (SSSR count). The van der Waals surface area contributed by atoms with Crippen LogP contribution in [-0.2, 0) is 0 Å². The molecule has 0 saturated carbocycles. The van der Waals surface area contributed by atoms with Crippen LogP contribution >= 0.6 is 11.9 Å². The number of methoxy groups -OCH3 is 1. The van der Waals surface area contributed by atoms with Crippen molar-refractivity contribution in [3.05, 3.63) is 47.7 Å². The zero-order valence-corrected chi connectivity index (χ0v) is 15.0. The fraction of sp³-hybridized carbons (Fsp3) is 0.353. The van der Waals surface area contributed by atoms with E-state index >= 15 is 0 Å². The van der Waals surface area contributed by atoms with E-state index in [2.05, 4.69) is 26.7 Å². The second kappa shape index (κ2) is 9.19. The second-order valence-corrected chi connectivity index (χ2v) is 5.49. The van der Waals surface area contributed by atoms with E-state index in [1.54, 1.807) is 19.4 Å². The first kappa shape index (κ1) is 19.0. The van der Waals surface area contributed by atoms with Crippen LogP contribution in [0, 0.1) is 6.92 Å². The topological polar surface area (TPSA) is 78.8 Å². The predicted octanol–water partition coefficient (Wildman–Crippen LogP) is 1.89. The number of halogens is 1. The quantitative estimate of drug-likeness (QED) is 0.896. The third-order valence-corrected chi connectivity index (χ3v) is 4.05. The van der Waals surface area contributed by atoms with Gasteiger partial charge in [-0.3, -0.25) is 9.45 Å². The Balaban J connectivity index is 0.00000109. The van der Waals surface area contributed by atoms with E-state index in [0.29, 0.717) is 38.0 Å². The lowest BCUT2D eigenvalue weighted by Crippen LogP contribution is -2.49. The largest absolute Gasteiger partial charge is 0.481 e. The fourth-order valence-electron chi connectivity index (χ4n) is 2.69. The van der Waals surface area contributed by atoms with Crippen LogP contribution in [0.2, 0.25) is 0 Å². The number of piperazine rings is 1. The number of nitrogens with zero attached hydrogens (tertiary/aromatic N) is 4. The van der Waals surface area contributed by atoms with Gasteiger partial charge in [0.15, 0.2) is 0 Å². The van der Waals surface area contributed by atoms with Crippen LogP contribution in [0.3, 0.4) is 0 Å². The molecule has 0 bridgehead atoms. The molecule has 1 saturated heterocycles. The van der Waals surface area contributed by atoms with Crippen LogP contribution < -0.4 is 9.64 Å². The molecule has 0 atom stereocenters. The van der Waals surface area contributed by atoms with Gasteiger partial charge in [0, 0.05) is 44.0 Å². The number of hydrogen-bond acceptors (Lipinski definition) is 6. The first-order valence-electron chi connectivity index (χ1n) is 7.83. The molecule has 8 heteroatoms. The normalized spacial score (nSPS) is 13.8. The summed E-state index contributed by atoms with van der Waals surface area (Å²) in [5.74, 6) is 1.29. The molecule has 1 aliphatic heterocycles. The summed E-state index contributed by atoms with van der Waals surface area (Å²) < 4.78 is 11.6. The van der Waals surface area contributed by atoms with E-state index < -0.39 is 0 Å².